The van der Waals surface area contributed by atoms with Crippen LogP contribution in [0.5, 0.6) is 5.88 Å². The molecule has 1 amide bonds. The van der Waals surface area contributed by atoms with Crippen LogP contribution in [0.25, 0.3) is 11.0 Å². The monoisotopic (exact) mass is 562 g/mol. The predicted molar refractivity (Wildman–Crippen MR) is 166 cm³/mol. The first-order chi connectivity index (χ1) is 19.6. The van der Waals surface area contributed by atoms with Crippen molar-refractivity contribution >= 4 is 34.9 Å². The summed E-state index contributed by atoms with van der Waals surface area (Å²) in [4.78, 5) is 28.3. The molecule has 1 N–H and O–H groups in total. The number of hydrogen-bond acceptors (Lipinski definition) is 5. The van der Waals surface area contributed by atoms with Gasteiger partial charge in [0, 0.05) is 12.5 Å². The number of amides is 1. The molecule has 1 atom stereocenters. The van der Waals surface area contributed by atoms with E-state index in [-0.39, 0.29) is 23.9 Å². The Morgan fingerprint density at radius 1 is 1.12 bits per heavy atom. The molecule has 2 aliphatic carbocycles. The van der Waals surface area contributed by atoms with Crippen LogP contribution in [0.1, 0.15) is 96.8 Å². The fourth-order valence-electron chi connectivity index (χ4n) is 4.73. The largest absolute Gasteiger partial charge is 0.483 e. The van der Waals surface area contributed by atoms with E-state index in [4.69, 9.17) is 19.6 Å². The van der Waals surface area contributed by atoms with Crippen molar-refractivity contribution in [3.05, 3.63) is 41.0 Å². The highest BCUT2D eigenvalue weighted by molar-refractivity contribution is 6.11. The second-order valence-corrected chi connectivity index (χ2v) is 10.5. The van der Waals surface area contributed by atoms with Crippen LogP contribution >= 0.6 is 0 Å². The van der Waals surface area contributed by atoms with E-state index < -0.39 is 0 Å². The average Bonchev–Trinajstić information content (AvgIpc) is 3.75. The molecule has 1 aromatic carbocycles. The lowest BCUT2D eigenvalue weighted by molar-refractivity contribution is -0.122. The molecular formula is C33H46N4O4. The Balaban J connectivity index is 0.000000775. The van der Waals surface area contributed by atoms with Gasteiger partial charge in [-0.1, -0.05) is 53.5 Å². The summed E-state index contributed by atoms with van der Waals surface area (Å²) < 4.78 is 8.12. The fourth-order valence-corrected chi connectivity index (χ4v) is 4.73. The van der Waals surface area contributed by atoms with Crippen molar-refractivity contribution in [2.24, 2.45) is 12.5 Å². The SMILES string of the molecule is CC.CC.CC#CC(=O)N(c1ccc2c(n1)c(OC1CCC1(C)C)nn2C)c1cc(C)c(C)cc1C1CC1.O=CO. The molecule has 222 valence electrons. The molecule has 3 aromatic rings. The van der Waals surface area contributed by atoms with Crippen LogP contribution in [0.4, 0.5) is 11.5 Å². The van der Waals surface area contributed by atoms with Crippen molar-refractivity contribution in [1.29, 1.82) is 0 Å². The van der Waals surface area contributed by atoms with E-state index in [9.17, 15) is 4.79 Å². The topological polar surface area (TPSA) is 97.6 Å². The summed E-state index contributed by atoms with van der Waals surface area (Å²) in [5.74, 6) is 6.75. The zero-order valence-corrected chi connectivity index (χ0v) is 26.3. The molecule has 0 saturated heterocycles. The fraction of sp³-hybridized carbons (Fsp3) is 0.515. The molecule has 0 radical (unpaired) electrons. The van der Waals surface area contributed by atoms with Gasteiger partial charge in [0.2, 0.25) is 0 Å². The molecule has 41 heavy (non-hydrogen) atoms. The molecular weight excluding hydrogens is 516 g/mol. The normalized spacial score (nSPS) is 16.1. The second kappa shape index (κ2) is 14.7. The summed E-state index contributed by atoms with van der Waals surface area (Å²) in [6.07, 6.45) is 4.54. The number of pyridine rings is 1. The lowest BCUT2D eigenvalue weighted by Gasteiger charge is -2.43. The van der Waals surface area contributed by atoms with Crippen LogP contribution in [-0.2, 0) is 16.6 Å². The minimum absolute atomic E-state index is 0.112. The van der Waals surface area contributed by atoms with Crippen molar-refractivity contribution < 1.29 is 19.4 Å². The Bertz CT molecular complexity index is 1410. The summed E-state index contributed by atoms with van der Waals surface area (Å²) in [6.45, 7) is 18.1. The third-order valence-electron chi connectivity index (χ3n) is 7.39. The molecule has 2 aliphatic rings. The number of rotatable bonds is 5. The Hall–Kier alpha value is -3.86. The molecule has 0 spiro atoms. The Labute approximate surface area is 245 Å². The molecule has 2 heterocycles. The van der Waals surface area contributed by atoms with Crippen LogP contribution in [0.2, 0.25) is 0 Å². The molecule has 2 aromatic heterocycles. The maximum Gasteiger partial charge on any atom is 0.308 e. The number of ether oxygens (including phenoxy) is 1. The van der Waals surface area contributed by atoms with Gasteiger partial charge in [-0.3, -0.25) is 19.2 Å². The molecule has 1 unspecified atom stereocenters. The van der Waals surface area contributed by atoms with E-state index in [0.717, 1.165) is 42.5 Å². The van der Waals surface area contributed by atoms with Gasteiger partial charge >= 0.3 is 5.91 Å². The highest BCUT2D eigenvalue weighted by Crippen LogP contribution is 2.47. The quantitative estimate of drug-likeness (QED) is 0.256. The predicted octanol–water partition coefficient (Wildman–Crippen LogP) is 7.47. The number of benzene rings is 1. The van der Waals surface area contributed by atoms with Gasteiger partial charge in [0.1, 0.15) is 11.9 Å². The summed E-state index contributed by atoms with van der Waals surface area (Å²) in [5.41, 5.74) is 6.09. The van der Waals surface area contributed by atoms with Crippen molar-refractivity contribution in [2.45, 2.75) is 100 Å². The summed E-state index contributed by atoms with van der Waals surface area (Å²) >= 11 is 0. The maximum atomic E-state index is 13.3. The molecule has 2 saturated carbocycles. The van der Waals surface area contributed by atoms with Gasteiger partial charge in [-0.15, -0.1) is 5.10 Å². The molecule has 8 nitrogen and oxygen atoms in total. The summed E-state index contributed by atoms with van der Waals surface area (Å²) in [7, 11) is 1.89. The standard InChI is InChI=1S/C28H32N4O2.2C2H6.CH2O2/c1-7-8-25(33)32(22-16-18(3)17(2)15-20(22)19-9-10-19)24-12-11-21-26(29-24)27(30-31(21)6)34-23-13-14-28(23,4)5;2*1-2;2-1-3/h11-12,15-16,19,23H,9-10,13-14H2,1-6H3;2*1-2H3;1H,(H,2,3). The van der Waals surface area contributed by atoms with E-state index in [1.165, 1.54) is 11.1 Å². The smallest absolute Gasteiger partial charge is 0.308 e. The zero-order chi connectivity index (χ0) is 30.9. The lowest BCUT2D eigenvalue weighted by Crippen LogP contribution is -2.44. The van der Waals surface area contributed by atoms with E-state index in [2.05, 4.69) is 56.8 Å². The van der Waals surface area contributed by atoms with Crippen molar-refractivity contribution in [3.8, 4) is 17.7 Å². The zero-order valence-electron chi connectivity index (χ0n) is 26.3. The van der Waals surface area contributed by atoms with Crippen LogP contribution in [0.15, 0.2) is 24.3 Å². The number of anilines is 2. The van der Waals surface area contributed by atoms with Gasteiger partial charge in [-0.05, 0) is 93.2 Å². The highest BCUT2D eigenvalue weighted by atomic mass is 16.5. The molecule has 0 aliphatic heterocycles. The molecule has 0 bridgehead atoms. The first kappa shape index (κ1) is 33.3. The Morgan fingerprint density at radius 2 is 1.73 bits per heavy atom. The molecule has 8 heteroatoms. The molecule has 2 fully saturated rings. The lowest BCUT2D eigenvalue weighted by atomic mass is 9.69. The second-order valence-electron chi connectivity index (χ2n) is 10.5. The third kappa shape index (κ3) is 7.46. The first-order valence-corrected chi connectivity index (χ1v) is 14.6. The summed E-state index contributed by atoms with van der Waals surface area (Å²) in [6, 6.07) is 8.16. The Morgan fingerprint density at radius 3 is 2.24 bits per heavy atom. The number of hydrogen-bond donors (Lipinski definition) is 1. The van der Waals surface area contributed by atoms with Crippen molar-refractivity contribution in [3.63, 3.8) is 0 Å². The third-order valence-corrected chi connectivity index (χ3v) is 7.39. The number of carbonyl (C=O) groups is 2. The molecule has 5 rings (SSSR count). The number of carbonyl (C=O) groups excluding carboxylic acids is 1. The van der Waals surface area contributed by atoms with Gasteiger partial charge in [0.05, 0.1) is 11.2 Å². The Kier molecular flexibility index (Phi) is 11.9. The number of aromatic nitrogens is 3. The first-order valence-electron chi connectivity index (χ1n) is 14.6. The number of aryl methyl sites for hydroxylation is 3. The van der Waals surface area contributed by atoms with Gasteiger partial charge in [0.15, 0.2) is 5.52 Å². The number of carboxylic acid groups (broad SMARTS) is 1. The summed E-state index contributed by atoms with van der Waals surface area (Å²) in [5, 5.41) is 11.5. The number of nitrogens with zero attached hydrogens (tertiary/aromatic N) is 4. The van der Waals surface area contributed by atoms with Gasteiger partial charge in [-0.25, -0.2) is 4.98 Å². The van der Waals surface area contributed by atoms with Gasteiger partial charge in [0.25, 0.3) is 12.4 Å². The van der Waals surface area contributed by atoms with E-state index in [0.29, 0.717) is 23.1 Å². The van der Waals surface area contributed by atoms with Gasteiger partial charge < -0.3 is 9.84 Å². The minimum Gasteiger partial charge on any atom is -0.483 e. The van der Waals surface area contributed by atoms with Crippen LogP contribution < -0.4 is 9.64 Å². The highest BCUT2D eigenvalue weighted by Gasteiger charge is 2.41. The van der Waals surface area contributed by atoms with Crippen LogP contribution in [0, 0.1) is 31.1 Å². The average molecular weight is 563 g/mol. The minimum atomic E-state index is -0.286. The number of fused-ring (bicyclic) bond motifs is 1. The van der Waals surface area contributed by atoms with Crippen molar-refractivity contribution in [1.82, 2.24) is 14.8 Å². The van der Waals surface area contributed by atoms with Crippen LogP contribution in [0.3, 0.4) is 0 Å². The van der Waals surface area contributed by atoms with Crippen molar-refractivity contribution in [2.75, 3.05) is 4.90 Å². The van der Waals surface area contributed by atoms with Crippen LogP contribution in [-0.4, -0.2) is 38.4 Å². The maximum absolute atomic E-state index is 13.3. The van der Waals surface area contributed by atoms with Gasteiger partial charge in [-0.2, -0.15) is 0 Å². The van der Waals surface area contributed by atoms with E-state index in [1.807, 2.05) is 46.9 Å². The van der Waals surface area contributed by atoms with E-state index in [1.54, 1.807) is 16.5 Å². The van der Waals surface area contributed by atoms with E-state index >= 15 is 0 Å².